The molecule has 0 aromatic carbocycles. The number of nitrogens with zero attached hydrogens (tertiary/aromatic N) is 4. The van der Waals surface area contributed by atoms with Crippen LogP contribution in [0, 0.1) is 11.3 Å². The minimum Gasteiger partial charge on any atom is -0.368 e. The Morgan fingerprint density at radius 2 is 2.06 bits per heavy atom. The quantitative estimate of drug-likeness (QED) is 0.742. The Kier molecular flexibility index (Phi) is 3.37. The van der Waals surface area contributed by atoms with Gasteiger partial charge >= 0.3 is 0 Å². The second kappa shape index (κ2) is 4.95. The predicted molar refractivity (Wildman–Crippen MR) is 63.3 cm³/mol. The summed E-state index contributed by atoms with van der Waals surface area (Å²) in [5.41, 5.74) is 1.60. The van der Waals surface area contributed by atoms with E-state index in [1.54, 1.807) is 12.3 Å². The summed E-state index contributed by atoms with van der Waals surface area (Å²) in [7, 11) is 0. The molecule has 1 aliphatic rings. The Labute approximate surface area is 96.1 Å². The fourth-order valence-electron chi connectivity index (χ4n) is 1.96. The molecule has 0 N–H and O–H groups in total. The van der Waals surface area contributed by atoms with Crippen molar-refractivity contribution >= 4 is 5.69 Å². The van der Waals surface area contributed by atoms with Gasteiger partial charge in [0.05, 0.1) is 11.9 Å². The van der Waals surface area contributed by atoms with Crippen molar-refractivity contribution in [1.29, 1.82) is 5.26 Å². The van der Waals surface area contributed by atoms with Crippen LogP contribution >= 0.6 is 0 Å². The van der Waals surface area contributed by atoms with Crippen molar-refractivity contribution in [2.75, 3.05) is 37.6 Å². The van der Waals surface area contributed by atoms with Gasteiger partial charge in [-0.2, -0.15) is 5.26 Å². The van der Waals surface area contributed by atoms with Gasteiger partial charge in [-0.25, -0.2) is 4.98 Å². The highest BCUT2D eigenvalue weighted by Crippen LogP contribution is 2.15. The third kappa shape index (κ3) is 2.31. The second-order valence-electron chi connectivity index (χ2n) is 3.93. The molecule has 0 saturated carbocycles. The summed E-state index contributed by atoms with van der Waals surface area (Å²) in [4.78, 5) is 8.85. The first-order valence-corrected chi connectivity index (χ1v) is 5.67. The van der Waals surface area contributed by atoms with Crippen LogP contribution in [0.15, 0.2) is 18.3 Å². The number of hydrogen-bond acceptors (Lipinski definition) is 4. The molecule has 1 aromatic heterocycles. The maximum atomic E-state index is 8.67. The molecule has 4 nitrogen and oxygen atoms in total. The molecule has 0 radical (unpaired) electrons. The average Bonchev–Trinajstić information content (AvgIpc) is 2.39. The fourth-order valence-corrected chi connectivity index (χ4v) is 1.96. The zero-order chi connectivity index (χ0) is 11.4. The lowest BCUT2D eigenvalue weighted by atomic mass is 10.2. The monoisotopic (exact) mass is 216 g/mol. The molecule has 1 fully saturated rings. The Morgan fingerprint density at radius 3 is 2.56 bits per heavy atom. The molecule has 0 aliphatic carbocycles. The van der Waals surface area contributed by atoms with Crippen molar-refractivity contribution in [2.24, 2.45) is 0 Å². The summed E-state index contributed by atoms with van der Waals surface area (Å²) < 4.78 is 0. The lowest BCUT2D eigenvalue weighted by molar-refractivity contribution is 0.271. The van der Waals surface area contributed by atoms with Crippen molar-refractivity contribution in [3.8, 4) is 6.07 Å². The molecule has 84 valence electrons. The Morgan fingerprint density at radius 1 is 1.31 bits per heavy atom. The van der Waals surface area contributed by atoms with Crippen molar-refractivity contribution in [3.05, 3.63) is 24.0 Å². The number of rotatable bonds is 2. The van der Waals surface area contributed by atoms with Gasteiger partial charge in [-0.15, -0.1) is 0 Å². The van der Waals surface area contributed by atoms with E-state index in [1.165, 1.54) is 0 Å². The minimum absolute atomic E-state index is 0.482. The van der Waals surface area contributed by atoms with Crippen LogP contribution in [-0.4, -0.2) is 42.6 Å². The largest absolute Gasteiger partial charge is 0.368 e. The maximum Gasteiger partial charge on any atom is 0.140 e. The Bertz CT molecular complexity index is 371. The molecule has 0 atom stereocenters. The molecular weight excluding hydrogens is 200 g/mol. The van der Waals surface area contributed by atoms with Crippen LogP contribution in [0.4, 0.5) is 5.69 Å². The summed E-state index contributed by atoms with van der Waals surface area (Å²) in [6, 6.07) is 5.79. The molecule has 0 unspecified atom stereocenters. The highest BCUT2D eigenvalue weighted by molar-refractivity contribution is 5.46. The van der Waals surface area contributed by atoms with Gasteiger partial charge in [0.25, 0.3) is 0 Å². The van der Waals surface area contributed by atoms with Gasteiger partial charge in [0, 0.05) is 26.2 Å². The van der Waals surface area contributed by atoms with Gasteiger partial charge < -0.3 is 9.80 Å². The summed E-state index contributed by atoms with van der Waals surface area (Å²) in [6.45, 7) is 7.62. The van der Waals surface area contributed by atoms with Crippen molar-refractivity contribution < 1.29 is 0 Å². The van der Waals surface area contributed by atoms with Crippen LogP contribution in [0.2, 0.25) is 0 Å². The number of likely N-dealkylation sites (N-methyl/N-ethyl adjacent to an activating group) is 1. The van der Waals surface area contributed by atoms with Crippen LogP contribution in [0.25, 0.3) is 0 Å². The molecule has 1 saturated heterocycles. The summed E-state index contributed by atoms with van der Waals surface area (Å²) in [6.07, 6.45) is 1.79. The number of hydrogen-bond donors (Lipinski definition) is 0. The minimum atomic E-state index is 0.482. The molecular formula is C12H16N4. The first-order valence-electron chi connectivity index (χ1n) is 5.67. The topological polar surface area (TPSA) is 43.2 Å². The first kappa shape index (κ1) is 10.9. The fraction of sp³-hybridized carbons (Fsp3) is 0.500. The maximum absolute atomic E-state index is 8.67. The Balaban J connectivity index is 2.00. The molecule has 1 aliphatic heterocycles. The number of anilines is 1. The molecule has 4 heteroatoms. The third-order valence-corrected chi connectivity index (χ3v) is 3.05. The van der Waals surface area contributed by atoms with Crippen molar-refractivity contribution in [2.45, 2.75) is 6.92 Å². The molecule has 2 heterocycles. The standard InChI is InChI=1S/C12H16N4/c1-2-15-5-7-16(8-6-15)12-4-3-11(9-13)14-10-12/h3-4,10H,2,5-8H2,1H3. The van der Waals surface area contributed by atoms with E-state index >= 15 is 0 Å². The van der Waals surface area contributed by atoms with E-state index in [-0.39, 0.29) is 0 Å². The van der Waals surface area contributed by atoms with Crippen LogP contribution in [-0.2, 0) is 0 Å². The second-order valence-corrected chi connectivity index (χ2v) is 3.93. The summed E-state index contributed by atoms with van der Waals surface area (Å²) in [5, 5.41) is 8.67. The normalized spacial score (nSPS) is 17.1. The van der Waals surface area contributed by atoms with Gasteiger partial charge in [0.15, 0.2) is 0 Å². The molecule has 0 amide bonds. The first-order chi connectivity index (χ1) is 7.83. The smallest absolute Gasteiger partial charge is 0.140 e. The number of pyridine rings is 1. The van der Waals surface area contributed by atoms with E-state index < -0.39 is 0 Å². The Hall–Kier alpha value is -1.60. The van der Waals surface area contributed by atoms with Crippen molar-refractivity contribution in [1.82, 2.24) is 9.88 Å². The van der Waals surface area contributed by atoms with Gasteiger partial charge in [0.1, 0.15) is 11.8 Å². The van der Waals surface area contributed by atoms with Crippen molar-refractivity contribution in [3.63, 3.8) is 0 Å². The summed E-state index contributed by atoms with van der Waals surface area (Å²) >= 11 is 0. The molecule has 0 bridgehead atoms. The van der Waals surface area contributed by atoms with E-state index in [4.69, 9.17) is 5.26 Å². The van der Waals surface area contributed by atoms with E-state index in [0.29, 0.717) is 5.69 Å². The van der Waals surface area contributed by atoms with Crippen LogP contribution in [0.5, 0.6) is 0 Å². The summed E-state index contributed by atoms with van der Waals surface area (Å²) in [5.74, 6) is 0. The average molecular weight is 216 g/mol. The lowest BCUT2D eigenvalue weighted by Gasteiger charge is -2.35. The van der Waals surface area contributed by atoms with E-state index in [1.807, 2.05) is 12.1 Å². The zero-order valence-electron chi connectivity index (χ0n) is 9.56. The van der Waals surface area contributed by atoms with E-state index in [2.05, 4.69) is 21.7 Å². The van der Waals surface area contributed by atoms with Gasteiger partial charge in [-0.05, 0) is 18.7 Å². The highest BCUT2D eigenvalue weighted by atomic mass is 15.3. The van der Waals surface area contributed by atoms with Gasteiger partial charge in [-0.1, -0.05) is 6.92 Å². The molecule has 2 rings (SSSR count). The van der Waals surface area contributed by atoms with Crippen LogP contribution in [0.3, 0.4) is 0 Å². The molecule has 0 spiro atoms. The van der Waals surface area contributed by atoms with Crippen LogP contribution < -0.4 is 4.90 Å². The third-order valence-electron chi connectivity index (χ3n) is 3.05. The highest BCUT2D eigenvalue weighted by Gasteiger charge is 2.15. The van der Waals surface area contributed by atoms with Gasteiger partial charge in [0.2, 0.25) is 0 Å². The predicted octanol–water partition coefficient (Wildman–Crippen LogP) is 1.10. The van der Waals surface area contributed by atoms with E-state index in [0.717, 1.165) is 38.4 Å². The number of nitriles is 1. The SMILES string of the molecule is CCN1CCN(c2ccc(C#N)nc2)CC1. The van der Waals surface area contributed by atoms with Crippen LogP contribution in [0.1, 0.15) is 12.6 Å². The van der Waals surface area contributed by atoms with E-state index in [9.17, 15) is 0 Å². The molecule has 1 aromatic rings. The van der Waals surface area contributed by atoms with Gasteiger partial charge in [-0.3, -0.25) is 0 Å². The lowest BCUT2D eigenvalue weighted by Crippen LogP contribution is -2.46. The number of piperazine rings is 1. The number of aromatic nitrogens is 1. The molecule has 16 heavy (non-hydrogen) atoms. The zero-order valence-corrected chi connectivity index (χ0v) is 9.56.